The van der Waals surface area contributed by atoms with Crippen molar-refractivity contribution in [3.05, 3.63) is 29.8 Å². The Labute approximate surface area is 140 Å². The lowest BCUT2D eigenvalue weighted by Gasteiger charge is -2.43. The number of hydrogen-bond acceptors (Lipinski definition) is 4. The molecule has 0 aromatic heterocycles. The molecule has 1 atom stereocenters. The van der Waals surface area contributed by atoms with Crippen LogP contribution in [0.4, 0.5) is 5.69 Å². The van der Waals surface area contributed by atoms with Gasteiger partial charge in [-0.25, -0.2) is 0 Å². The third-order valence-corrected chi connectivity index (χ3v) is 5.34. The van der Waals surface area contributed by atoms with E-state index in [4.69, 9.17) is 0 Å². The monoisotopic (exact) mass is 317 g/mol. The molecule has 0 bridgehead atoms. The molecule has 1 aromatic rings. The van der Waals surface area contributed by atoms with E-state index < -0.39 is 0 Å². The topological polar surface area (TPSA) is 38.7 Å². The summed E-state index contributed by atoms with van der Waals surface area (Å²) < 4.78 is 0. The Kier molecular flexibility index (Phi) is 5.24. The van der Waals surface area contributed by atoms with Crippen LogP contribution in [0.2, 0.25) is 0 Å². The highest BCUT2D eigenvalue weighted by Gasteiger charge is 2.35. The van der Waals surface area contributed by atoms with Gasteiger partial charge >= 0.3 is 0 Å². The first-order valence-electron chi connectivity index (χ1n) is 9.02. The Hall–Kier alpha value is -1.10. The zero-order valence-corrected chi connectivity index (χ0v) is 14.6. The summed E-state index contributed by atoms with van der Waals surface area (Å²) in [6.07, 6.45) is 2.62. The van der Waals surface area contributed by atoms with Crippen molar-refractivity contribution in [3.8, 4) is 0 Å². The number of aliphatic hydroxyl groups excluding tert-OH is 1. The van der Waals surface area contributed by atoms with Crippen molar-refractivity contribution in [3.63, 3.8) is 0 Å². The van der Waals surface area contributed by atoms with E-state index in [1.807, 2.05) is 0 Å². The number of nitrogens with one attached hydrogen (secondary N) is 1. The molecule has 0 amide bonds. The Morgan fingerprint density at radius 2 is 1.65 bits per heavy atom. The summed E-state index contributed by atoms with van der Waals surface area (Å²) in [5, 5.41) is 13.4. The molecule has 0 spiro atoms. The third-order valence-electron chi connectivity index (χ3n) is 5.34. The van der Waals surface area contributed by atoms with Gasteiger partial charge in [-0.1, -0.05) is 26.0 Å². The van der Waals surface area contributed by atoms with Gasteiger partial charge < -0.3 is 15.3 Å². The van der Waals surface area contributed by atoms with Gasteiger partial charge in [0.25, 0.3) is 0 Å². The standard InChI is InChI=1S/C19H31N3O/c1-19(2,15-23)18(22-13-9-20-10-14-22)16-5-7-17(8-6-16)21-11-3-4-12-21/h5-8,18,20,23H,3-4,9-15H2,1-2H3/t18-/m0/s1. The van der Waals surface area contributed by atoms with E-state index in [2.05, 4.69) is 53.2 Å². The van der Waals surface area contributed by atoms with Crippen LogP contribution >= 0.6 is 0 Å². The van der Waals surface area contributed by atoms with Crippen LogP contribution in [0.5, 0.6) is 0 Å². The molecule has 2 fully saturated rings. The van der Waals surface area contributed by atoms with Gasteiger partial charge in [0.1, 0.15) is 0 Å². The van der Waals surface area contributed by atoms with E-state index in [0.29, 0.717) is 0 Å². The molecule has 4 heteroatoms. The molecule has 23 heavy (non-hydrogen) atoms. The lowest BCUT2D eigenvalue weighted by Crippen LogP contribution is -2.49. The van der Waals surface area contributed by atoms with Crippen molar-refractivity contribution < 1.29 is 5.11 Å². The molecule has 2 aliphatic heterocycles. The summed E-state index contributed by atoms with van der Waals surface area (Å²) in [5.74, 6) is 0. The fourth-order valence-corrected chi connectivity index (χ4v) is 4.03. The van der Waals surface area contributed by atoms with Gasteiger partial charge in [-0.2, -0.15) is 0 Å². The first-order valence-corrected chi connectivity index (χ1v) is 9.02. The second-order valence-corrected chi connectivity index (χ2v) is 7.62. The highest BCUT2D eigenvalue weighted by Crippen LogP contribution is 2.39. The van der Waals surface area contributed by atoms with Crippen molar-refractivity contribution in [2.45, 2.75) is 32.7 Å². The van der Waals surface area contributed by atoms with E-state index in [9.17, 15) is 5.11 Å². The van der Waals surface area contributed by atoms with Gasteiger partial charge in [-0.3, -0.25) is 4.90 Å². The van der Waals surface area contributed by atoms with E-state index in [1.165, 1.54) is 37.2 Å². The normalized spacial score (nSPS) is 21.6. The van der Waals surface area contributed by atoms with Gasteiger partial charge in [0.2, 0.25) is 0 Å². The summed E-state index contributed by atoms with van der Waals surface area (Å²) >= 11 is 0. The first kappa shape index (κ1) is 16.7. The molecule has 0 aliphatic carbocycles. The molecular formula is C19H31N3O. The van der Waals surface area contributed by atoms with Gasteiger partial charge in [-0.15, -0.1) is 0 Å². The number of nitrogens with zero attached hydrogens (tertiary/aromatic N) is 2. The summed E-state index contributed by atoms with van der Waals surface area (Å²) in [5.41, 5.74) is 2.52. The maximum Gasteiger partial charge on any atom is 0.0500 e. The highest BCUT2D eigenvalue weighted by atomic mass is 16.3. The van der Waals surface area contributed by atoms with Gasteiger partial charge in [-0.05, 0) is 30.5 Å². The number of anilines is 1. The molecule has 4 nitrogen and oxygen atoms in total. The molecule has 0 saturated carbocycles. The minimum atomic E-state index is -0.146. The summed E-state index contributed by atoms with van der Waals surface area (Å²) in [6, 6.07) is 9.35. The second kappa shape index (κ2) is 7.20. The molecule has 1 aromatic carbocycles. The average Bonchev–Trinajstić information content (AvgIpc) is 3.11. The van der Waals surface area contributed by atoms with Crippen LogP contribution in [0.15, 0.2) is 24.3 Å². The van der Waals surface area contributed by atoms with Crippen LogP contribution in [-0.4, -0.2) is 55.9 Å². The second-order valence-electron chi connectivity index (χ2n) is 7.62. The molecule has 2 heterocycles. The lowest BCUT2D eigenvalue weighted by molar-refractivity contribution is 0.0305. The van der Waals surface area contributed by atoms with Crippen molar-refractivity contribution in [1.29, 1.82) is 0 Å². The van der Waals surface area contributed by atoms with Gasteiger partial charge in [0, 0.05) is 63.0 Å². The summed E-state index contributed by atoms with van der Waals surface area (Å²) in [4.78, 5) is 5.00. The highest BCUT2D eigenvalue weighted by molar-refractivity contribution is 5.49. The number of rotatable bonds is 5. The Balaban J connectivity index is 1.83. The van der Waals surface area contributed by atoms with E-state index in [1.54, 1.807) is 0 Å². The molecule has 128 valence electrons. The molecule has 2 saturated heterocycles. The molecule has 0 unspecified atom stereocenters. The fraction of sp³-hybridized carbons (Fsp3) is 0.684. The van der Waals surface area contributed by atoms with Gasteiger partial charge in [0.05, 0.1) is 0 Å². The fourth-order valence-electron chi connectivity index (χ4n) is 4.03. The SMILES string of the molecule is CC(C)(CO)[C@H](c1ccc(N2CCCC2)cc1)N1CCNCC1. The van der Waals surface area contributed by atoms with Crippen molar-refractivity contribution >= 4 is 5.69 Å². The summed E-state index contributed by atoms with van der Waals surface area (Å²) in [7, 11) is 0. The van der Waals surface area contributed by atoms with Crippen LogP contribution < -0.4 is 10.2 Å². The summed E-state index contributed by atoms with van der Waals surface area (Å²) in [6.45, 7) is 11.1. The smallest absolute Gasteiger partial charge is 0.0500 e. The Morgan fingerprint density at radius 1 is 1.04 bits per heavy atom. The lowest BCUT2D eigenvalue weighted by atomic mass is 9.79. The molecule has 3 rings (SSSR count). The first-order chi connectivity index (χ1) is 11.1. The van der Waals surface area contributed by atoms with Crippen molar-refractivity contribution in [2.24, 2.45) is 5.41 Å². The van der Waals surface area contributed by atoms with E-state index in [0.717, 1.165) is 26.2 Å². The average molecular weight is 317 g/mol. The van der Waals surface area contributed by atoms with Crippen molar-refractivity contribution in [1.82, 2.24) is 10.2 Å². The van der Waals surface area contributed by atoms with Crippen LogP contribution in [-0.2, 0) is 0 Å². The quantitative estimate of drug-likeness (QED) is 0.874. The van der Waals surface area contributed by atoms with E-state index in [-0.39, 0.29) is 18.1 Å². The molecule has 2 N–H and O–H groups in total. The molecule has 0 radical (unpaired) electrons. The predicted molar refractivity (Wildman–Crippen MR) is 95.9 cm³/mol. The Morgan fingerprint density at radius 3 is 2.22 bits per heavy atom. The number of piperazine rings is 1. The zero-order valence-electron chi connectivity index (χ0n) is 14.6. The van der Waals surface area contributed by atoms with Crippen molar-refractivity contribution in [2.75, 3.05) is 50.8 Å². The largest absolute Gasteiger partial charge is 0.396 e. The minimum absolute atomic E-state index is 0.146. The van der Waals surface area contributed by atoms with Crippen LogP contribution in [0, 0.1) is 5.41 Å². The van der Waals surface area contributed by atoms with Crippen LogP contribution in [0.1, 0.15) is 38.3 Å². The van der Waals surface area contributed by atoms with E-state index >= 15 is 0 Å². The minimum Gasteiger partial charge on any atom is -0.396 e. The van der Waals surface area contributed by atoms with Crippen LogP contribution in [0.3, 0.4) is 0 Å². The third kappa shape index (κ3) is 3.70. The maximum absolute atomic E-state index is 9.93. The Bertz CT molecular complexity index is 488. The predicted octanol–water partition coefficient (Wildman–Crippen LogP) is 2.25. The maximum atomic E-state index is 9.93. The van der Waals surface area contributed by atoms with Crippen LogP contribution in [0.25, 0.3) is 0 Å². The number of benzene rings is 1. The van der Waals surface area contributed by atoms with Gasteiger partial charge in [0.15, 0.2) is 0 Å². The number of aliphatic hydroxyl groups is 1. The molecule has 2 aliphatic rings. The zero-order chi connectivity index (χ0) is 16.3. The number of hydrogen-bond donors (Lipinski definition) is 2. The molecular weight excluding hydrogens is 286 g/mol.